The van der Waals surface area contributed by atoms with Crippen molar-refractivity contribution in [3.8, 4) is 11.5 Å². The van der Waals surface area contributed by atoms with Crippen LogP contribution in [-0.2, 0) is 0 Å². The Morgan fingerprint density at radius 3 is 1.16 bits per heavy atom. The van der Waals surface area contributed by atoms with Crippen LogP contribution < -0.4 is 9.47 Å². The minimum absolute atomic E-state index is 0.761. The molecule has 2 aromatic carbocycles. The SMILES string of the molecule is CCCCCC1CCC(c2ccc(OCCCCCCCCOc3ccc(C4CCC(CCCCC)CC4)cc3)cc2)CC1. The standard InChI is InChI=1S/C42H66O2/c1-3-5-11-15-35-17-21-37(22-18-35)39-25-29-41(30-26-39)43-33-13-9-7-8-10-14-34-44-42-31-27-40(28-32-42)38-23-19-36(20-24-38)16-12-6-4-2/h25-32,35-38H,3-24,33-34H2,1-2H3. The van der Waals surface area contributed by atoms with Gasteiger partial charge in [-0.2, -0.15) is 0 Å². The number of hydrogen-bond acceptors (Lipinski definition) is 2. The number of unbranched alkanes of at least 4 members (excludes halogenated alkanes) is 9. The summed E-state index contributed by atoms with van der Waals surface area (Å²) in [6.45, 7) is 6.29. The maximum absolute atomic E-state index is 6.06. The van der Waals surface area contributed by atoms with E-state index < -0.39 is 0 Å². The Balaban J connectivity index is 0.969. The molecule has 0 amide bonds. The van der Waals surface area contributed by atoms with Crippen LogP contribution in [0.25, 0.3) is 0 Å². The maximum Gasteiger partial charge on any atom is 0.119 e. The lowest BCUT2D eigenvalue weighted by atomic mass is 9.77. The molecule has 0 aliphatic heterocycles. The molecule has 0 aromatic heterocycles. The van der Waals surface area contributed by atoms with Crippen molar-refractivity contribution in [2.75, 3.05) is 13.2 Å². The van der Waals surface area contributed by atoms with E-state index >= 15 is 0 Å². The van der Waals surface area contributed by atoms with Crippen molar-refractivity contribution in [2.45, 2.75) is 167 Å². The molecular weight excluding hydrogens is 536 g/mol. The zero-order valence-corrected chi connectivity index (χ0v) is 28.7. The van der Waals surface area contributed by atoms with Gasteiger partial charge in [-0.25, -0.2) is 0 Å². The van der Waals surface area contributed by atoms with E-state index in [9.17, 15) is 0 Å². The first-order chi connectivity index (χ1) is 21.7. The topological polar surface area (TPSA) is 18.5 Å². The molecule has 2 aliphatic carbocycles. The van der Waals surface area contributed by atoms with Crippen LogP contribution in [0.4, 0.5) is 0 Å². The van der Waals surface area contributed by atoms with Gasteiger partial charge in [-0.15, -0.1) is 0 Å². The highest BCUT2D eigenvalue weighted by atomic mass is 16.5. The van der Waals surface area contributed by atoms with Crippen molar-refractivity contribution in [1.82, 2.24) is 0 Å². The van der Waals surface area contributed by atoms with E-state index in [0.29, 0.717) is 0 Å². The van der Waals surface area contributed by atoms with Crippen LogP contribution in [0.3, 0.4) is 0 Å². The second kappa shape index (κ2) is 21.0. The van der Waals surface area contributed by atoms with Crippen LogP contribution in [0.1, 0.15) is 178 Å². The molecule has 2 fully saturated rings. The molecule has 0 unspecified atom stereocenters. The van der Waals surface area contributed by atoms with E-state index in [1.54, 1.807) is 0 Å². The number of hydrogen-bond donors (Lipinski definition) is 0. The molecule has 0 heterocycles. The summed E-state index contributed by atoms with van der Waals surface area (Å²) < 4.78 is 12.1. The molecule has 2 saturated carbocycles. The third-order valence-corrected chi connectivity index (χ3v) is 10.9. The van der Waals surface area contributed by atoms with Gasteiger partial charge in [0.15, 0.2) is 0 Å². The Labute approximate surface area is 272 Å². The number of benzene rings is 2. The van der Waals surface area contributed by atoms with Crippen LogP contribution >= 0.6 is 0 Å². The highest BCUT2D eigenvalue weighted by Crippen LogP contribution is 2.39. The van der Waals surface area contributed by atoms with E-state index in [-0.39, 0.29) is 0 Å². The molecule has 2 nitrogen and oxygen atoms in total. The zero-order chi connectivity index (χ0) is 30.7. The normalized spacial score (nSPS) is 22.1. The van der Waals surface area contributed by atoms with Crippen molar-refractivity contribution in [1.29, 1.82) is 0 Å². The zero-order valence-electron chi connectivity index (χ0n) is 28.7. The van der Waals surface area contributed by atoms with Gasteiger partial charge in [0.2, 0.25) is 0 Å². The summed E-state index contributed by atoms with van der Waals surface area (Å²) in [6.07, 6.45) is 29.8. The maximum atomic E-state index is 6.06. The molecule has 2 aliphatic rings. The molecular formula is C42H66O2. The molecule has 2 heteroatoms. The van der Waals surface area contributed by atoms with E-state index in [1.807, 2.05) is 0 Å². The number of ether oxygens (including phenoxy) is 2. The van der Waals surface area contributed by atoms with Gasteiger partial charge in [0.05, 0.1) is 13.2 Å². The van der Waals surface area contributed by atoms with Gasteiger partial charge in [-0.3, -0.25) is 0 Å². The van der Waals surface area contributed by atoms with Crippen LogP contribution in [0.5, 0.6) is 11.5 Å². The quantitative estimate of drug-likeness (QED) is 0.132. The molecule has 246 valence electrons. The summed E-state index contributed by atoms with van der Waals surface area (Å²) in [4.78, 5) is 0. The Bertz CT molecular complexity index is 882. The lowest BCUT2D eigenvalue weighted by Gasteiger charge is -2.29. The number of rotatable bonds is 21. The largest absolute Gasteiger partial charge is 0.494 e. The first-order valence-electron chi connectivity index (χ1n) is 19.2. The molecule has 0 bridgehead atoms. The molecule has 44 heavy (non-hydrogen) atoms. The van der Waals surface area contributed by atoms with Gasteiger partial charge in [0, 0.05) is 0 Å². The van der Waals surface area contributed by atoms with Gasteiger partial charge in [-0.05, 0) is 123 Å². The first kappa shape index (κ1) is 34.9. The van der Waals surface area contributed by atoms with E-state index in [1.165, 1.54) is 140 Å². The Hall–Kier alpha value is -1.96. The second-order valence-electron chi connectivity index (χ2n) is 14.4. The van der Waals surface area contributed by atoms with E-state index in [4.69, 9.17) is 9.47 Å². The average molecular weight is 603 g/mol. The fourth-order valence-corrected chi connectivity index (χ4v) is 7.90. The van der Waals surface area contributed by atoms with Gasteiger partial charge < -0.3 is 9.47 Å². The van der Waals surface area contributed by atoms with Gasteiger partial charge in [0.1, 0.15) is 11.5 Å². The van der Waals surface area contributed by atoms with Crippen LogP contribution in [-0.4, -0.2) is 13.2 Å². The molecule has 4 rings (SSSR count). The van der Waals surface area contributed by atoms with Gasteiger partial charge >= 0.3 is 0 Å². The second-order valence-corrected chi connectivity index (χ2v) is 14.4. The fourth-order valence-electron chi connectivity index (χ4n) is 7.90. The first-order valence-corrected chi connectivity index (χ1v) is 19.2. The Morgan fingerprint density at radius 1 is 0.432 bits per heavy atom. The predicted octanol–water partition coefficient (Wildman–Crippen LogP) is 13.2. The summed E-state index contributed by atoms with van der Waals surface area (Å²) in [7, 11) is 0. The monoisotopic (exact) mass is 603 g/mol. The molecule has 0 saturated heterocycles. The van der Waals surface area contributed by atoms with Crippen molar-refractivity contribution in [3.63, 3.8) is 0 Å². The predicted molar refractivity (Wildman–Crippen MR) is 189 cm³/mol. The van der Waals surface area contributed by atoms with Crippen molar-refractivity contribution < 1.29 is 9.47 Å². The Kier molecular flexibility index (Phi) is 16.6. The summed E-state index contributed by atoms with van der Waals surface area (Å²) in [6, 6.07) is 18.1. The summed E-state index contributed by atoms with van der Waals surface area (Å²) in [5, 5.41) is 0. The highest BCUT2D eigenvalue weighted by Gasteiger charge is 2.23. The molecule has 2 aromatic rings. The lowest BCUT2D eigenvalue weighted by Crippen LogP contribution is -2.13. The highest BCUT2D eigenvalue weighted by molar-refractivity contribution is 5.30. The van der Waals surface area contributed by atoms with Crippen LogP contribution in [0.2, 0.25) is 0 Å². The van der Waals surface area contributed by atoms with Crippen molar-refractivity contribution >= 4 is 0 Å². The van der Waals surface area contributed by atoms with Crippen LogP contribution in [0, 0.1) is 11.8 Å². The summed E-state index contributed by atoms with van der Waals surface area (Å²) >= 11 is 0. The minimum Gasteiger partial charge on any atom is -0.494 e. The van der Waals surface area contributed by atoms with Crippen LogP contribution in [0.15, 0.2) is 48.5 Å². The third kappa shape index (κ3) is 12.8. The molecule has 0 radical (unpaired) electrons. The molecule has 0 spiro atoms. The Morgan fingerprint density at radius 2 is 0.795 bits per heavy atom. The molecule has 0 atom stereocenters. The summed E-state index contributed by atoms with van der Waals surface area (Å²) in [5.74, 6) is 5.57. The van der Waals surface area contributed by atoms with Crippen molar-refractivity contribution in [3.05, 3.63) is 59.7 Å². The van der Waals surface area contributed by atoms with Gasteiger partial charge in [-0.1, -0.05) is 115 Å². The fraction of sp³-hybridized carbons (Fsp3) is 0.714. The average Bonchev–Trinajstić information content (AvgIpc) is 3.07. The lowest BCUT2D eigenvalue weighted by molar-refractivity contribution is 0.295. The van der Waals surface area contributed by atoms with E-state index in [0.717, 1.165) is 61.2 Å². The minimum atomic E-state index is 0.761. The smallest absolute Gasteiger partial charge is 0.119 e. The van der Waals surface area contributed by atoms with Crippen molar-refractivity contribution in [2.24, 2.45) is 11.8 Å². The summed E-state index contributed by atoms with van der Waals surface area (Å²) in [5.41, 5.74) is 3.05. The van der Waals surface area contributed by atoms with E-state index in [2.05, 4.69) is 62.4 Å². The third-order valence-electron chi connectivity index (χ3n) is 10.9. The van der Waals surface area contributed by atoms with Gasteiger partial charge in [0.25, 0.3) is 0 Å². The molecule has 0 N–H and O–H groups in total.